The van der Waals surface area contributed by atoms with Crippen LogP contribution in [0, 0.1) is 0 Å². The van der Waals surface area contributed by atoms with Gasteiger partial charge in [0.2, 0.25) is 0 Å². The molecule has 6 heteroatoms. The lowest BCUT2D eigenvalue weighted by atomic mass is 10.2. The van der Waals surface area contributed by atoms with E-state index in [2.05, 4.69) is 34.1 Å². The molecule has 0 unspecified atom stereocenters. The highest BCUT2D eigenvalue weighted by Gasteiger charge is 2.10. The van der Waals surface area contributed by atoms with Gasteiger partial charge in [-0.25, -0.2) is 10.8 Å². The zero-order chi connectivity index (χ0) is 12.7. The molecule has 0 bridgehead atoms. The van der Waals surface area contributed by atoms with Crippen molar-refractivity contribution in [1.82, 2.24) is 14.9 Å². The van der Waals surface area contributed by atoms with E-state index < -0.39 is 0 Å². The molecule has 1 aromatic rings. The van der Waals surface area contributed by atoms with Gasteiger partial charge < -0.3 is 10.5 Å². The van der Waals surface area contributed by atoms with Crippen LogP contribution in [0.4, 0.5) is 5.82 Å². The summed E-state index contributed by atoms with van der Waals surface area (Å²) in [4.78, 5) is 10.6. The van der Waals surface area contributed by atoms with Gasteiger partial charge in [0.1, 0.15) is 0 Å². The summed E-state index contributed by atoms with van der Waals surface area (Å²) in [5, 5.41) is 8.85. The van der Waals surface area contributed by atoms with Gasteiger partial charge in [0.05, 0.1) is 18.1 Å². The fourth-order valence-electron chi connectivity index (χ4n) is 1.51. The molecule has 0 aromatic carbocycles. The number of hydrogen-bond acceptors (Lipinski definition) is 6. The highest BCUT2D eigenvalue weighted by Crippen LogP contribution is 2.07. The van der Waals surface area contributed by atoms with Gasteiger partial charge in [0.25, 0.3) is 0 Å². The summed E-state index contributed by atoms with van der Waals surface area (Å²) in [6, 6.07) is 0.413. The molecule has 96 valence electrons. The second-order valence-corrected chi connectivity index (χ2v) is 4.18. The van der Waals surface area contributed by atoms with Crippen molar-refractivity contribution in [1.29, 1.82) is 0 Å². The van der Waals surface area contributed by atoms with Gasteiger partial charge in [-0.2, -0.15) is 0 Å². The van der Waals surface area contributed by atoms with Crippen LogP contribution in [-0.2, 0) is 6.54 Å². The third-order valence-corrected chi connectivity index (χ3v) is 2.55. The zero-order valence-corrected chi connectivity index (χ0v) is 10.4. The number of nitrogens with zero attached hydrogens (tertiary/aromatic N) is 3. The molecule has 4 N–H and O–H groups in total. The average Bonchev–Trinajstić information content (AvgIpc) is 2.35. The number of aliphatic hydroxyl groups is 1. The van der Waals surface area contributed by atoms with E-state index in [0.717, 1.165) is 25.2 Å². The predicted molar refractivity (Wildman–Crippen MR) is 67.1 cm³/mol. The Hall–Kier alpha value is -1.24. The van der Waals surface area contributed by atoms with E-state index in [1.807, 2.05) is 0 Å². The molecule has 0 radical (unpaired) electrons. The van der Waals surface area contributed by atoms with E-state index in [1.54, 1.807) is 12.4 Å². The minimum absolute atomic E-state index is 0.213. The predicted octanol–water partition coefficient (Wildman–Crippen LogP) is 0.355. The van der Waals surface area contributed by atoms with Crippen molar-refractivity contribution < 1.29 is 5.11 Å². The van der Waals surface area contributed by atoms with E-state index in [1.165, 1.54) is 0 Å². The summed E-state index contributed by atoms with van der Waals surface area (Å²) < 4.78 is 0. The Morgan fingerprint density at radius 2 is 2.18 bits per heavy atom. The first kappa shape index (κ1) is 13.8. The molecule has 0 spiro atoms. The normalized spacial score (nSPS) is 11.2. The summed E-state index contributed by atoms with van der Waals surface area (Å²) >= 11 is 0. The summed E-state index contributed by atoms with van der Waals surface area (Å²) in [6.07, 6.45) is 4.09. The van der Waals surface area contributed by atoms with Gasteiger partial charge in [-0.15, -0.1) is 0 Å². The monoisotopic (exact) mass is 239 g/mol. The minimum Gasteiger partial charge on any atom is -0.396 e. The lowest BCUT2D eigenvalue weighted by Gasteiger charge is -2.25. The number of aromatic nitrogens is 2. The Kier molecular flexibility index (Phi) is 5.82. The van der Waals surface area contributed by atoms with Crippen LogP contribution in [0.25, 0.3) is 0 Å². The van der Waals surface area contributed by atoms with E-state index in [9.17, 15) is 0 Å². The van der Waals surface area contributed by atoms with Gasteiger partial charge in [-0.1, -0.05) is 0 Å². The van der Waals surface area contributed by atoms with E-state index in [-0.39, 0.29) is 6.61 Å². The highest BCUT2D eigenvalue weighted by molar-refractivity contribution is 5.28. The molecule has 0 saturated carbocycles. The quantitative estimate of drug-likeness (QED) is 0.470. The number of aliphatic hydroxyl groups excluding tert-OH is 1. The van der Waals surface area contributed by atoms with Crippen LogP contribution in [0.15, 0.2) is 12.4 Å². The summed E-state index contributed by atoms with van der Waals surface area (Å²) in [7, 11) is 0. The molecular formula is C11H21N5O. The molecule has 0 aliphatic rings. The number of nitrogens with one attached hydrogen (secondary N) is 1. The largest absolute Gasteiger partial charge is 0.396 e. The smallest absolute Gasteiger partial charge is 0.158 e. The Morgan fingerprint density at radius 1 is 1.41 bits per heavy atom. The maximum atomic E-state index is 8.85. The highest BCUT2D eigenvalue weighted by atomic mass is 16.3. The molecular weight excluding hydrogens is 218 g/mol. The first-order chi connectivity index (χ1) is 8.17. The molecule has 1 heterocycles. The number of rotatable bonds is 7. The first-order valence-electron chi connectivity index (χ1n) is 5.79. The molecule has 1 aromatic heterocycles. The number of nitrogens with two attached hydrogens (primary N) is 1. The number of hydrazine groups is 1. The number of anilines is 1. The van der Waals surface area contributed by atoms with Crippen molar-refractivity contribution in [3.8, 4) is 0 Å². The van der Waals surface area contributed by atoms with E-state index in [0.29, 0.717) is 11.9 Å². The van der Waals surface area contributed by atoms with Crippen molar-refractivity contribution in [2.24, 2.45) is 5.84 Å². The van der Waals surface area contributed by atoms with Crippen molar-refractivity contribution in [3.05, 3.63) is 18.1 Å². The first-order valence-corrected chi connectivity index (χ1v) is 5.79. The van der Waals surface area contributed by atoms with Gasteiger partial charge in [-0.05, 0) is 20.3 Å². The molecule has 1 rings (SSSR count). The van der Waals surface area contributed by atoms with Gasteiger partial charge in [0, 0.05) is 25.7 Å². The second kappa shape index (κ2) is 7.16. The molecule has 0 fully saturated rings. The van der Waals surface area contributed by atoms with Gasteiger partial charge >= 0.3 is 0 Å². The second-order valence-electron chi connectivity index (χ2n) is 4.18. The van der Waals surface area contributed by atoms with Gasteiger partial charge in [-0.3, -0.25) is 9.88 Å². The Bertz CT molecular complexity index is 314. The molecule has 6 nitrogen and oxygen atoms in total. The zero-order valence-electron chi connectivity index (χ0n) is 10.4. The van der Waals surface area contributed by atoms with Crippen molar-refractivity contribution in [2.75, 3.05) is 18.6 Å². The summed E-state index contributed by atoms with van der Waals surface area (Å²) in [6.45, 7) is 6.05. The maximum Gasteiger partial charge on any atom is 0.158 e. The fraction of sp³-hybridized carbons (Fsp3) is 0.636. The molecule has 0 atom stereocenters. The average molecular weight is 239 g/mol. The van der Waals surface area contributed by atoms with Gasteiger partial charge in [0.15, 0.2) is 5.82 Å². The van der Waals surface area contributed by atoms with E-state index >= 15 is 0 Å². The molecule has 0 aliphatic heterocycles. The molecule has 0 saturated heterocycles. The maximum absolute atomic E-state index is 8.85. The Balaban J connectivity index is 2.58. The molecule has 0 aliphatic carbocycles. The third-order valence-electron chi connectivity index (χ3n) is 2.55. The Labute approximate surface area is 102 Å². The third kappa shape index (κ3) is 4.64. The van der Waals surface area contributed by atoms with Crippen LogP contribution >= 0.6 is 0 Å². The van der Waals surface area contributed by atoms with Crippen LogP contribution in [-0.4, -0.2) is 39.2 Å². The standard InChI is InChI=1S/C11H21N5O/c1-9(2)16(4-3-5-17)8-10-6-14-11(15-12)7-13-10/h6-7,9,17H,3-5,8,12H2,1-2H3,(H,14,15). The van der Waals surface area contributed by atoms with Crippen LogP contribution in [0.2, 0.25) is 0 Å². The SMILES string of the molecule is CC(C)N(CCCO)Cc1cnc(NN)cn1. The number of hydrogen-bond donors (Lipinski definition) is 3. The minimum atomic E-state index is 0.213. The van der Waals surface area contributed by atoms with Crippen LogP contribution < -0.4 is 11.3 Å². The van der Waals surface area contributed by atoms with Crippen molar-refractivity contribution in [3.63, 3.8) is 0 Å². The lowest BCUT2D eigenvalue weighted by molar-refractivity contribution is 0.183. The van der Waals surface area contributed by atoms with Crippen molar-refractivity contribution in [2.45, 2.75) is 32.9 Å². The lowest BCUT2D eigenvalue weighted by Crippen LogP contribution is -2.32. The van der Waals surface area contributed by atoms with Crippen LogP contribution in [0.3, 0.4) is 0 Å². The topological polar surface area (TPSA) is 87.3 Å². The molecule has 0 amide bonds. The van der Waals surface area contributed by atoms with E-state index in [4.69, 9.17) is 10.9 Å². The Morgan fingerprint density at radius 3 is 2.65 bits per heavy atom. The van der Waals surface area contributed by atoms with Crippen molar-refractivity contribution >= 4 is 5.82 Å². The molecule has 17 heavy (non-hydrogen) atoms. The summed E-state index contributed by atoms with van der Waals surface area (Å²) in [5.41, 5.74) is 3.34. The number of nitrogen functional groups attached to an aromatic ring is 1. The fourth-order valence-corrected chi connectivity index (χ4v) is 1.51. The summed E-state index contributed by atoms with van der Waals surface area (Å²) in [5.74, 6) is 5.78. The van der Waals surface area contributed by atoms with Crippen LogP contribution in [0.5, 0.6) is 0 Å². The van der Waals surface area contributed by atoms with Crippen LogP contribution in [0.1, 0.15) is 26.0 Å².